The molecule has 3 aromatic heterocycles. The molecule has 1 aliphatic heterocycles. The highest BCUT2D eigenvalue weighted by atomic mass is 32.1. The fraction of sp³-hybridized carbons (Fsp3) is 0.500. The minimum atomic E-state index is -0.635. The number of ether oxygens (including phenoxy) is 3. The molecule has 4 rings (SSSR count). The van der Waals surface area contributed by atoms with Gasteiger partial charge in [-0.15, -0.1) is 11.3 Å². The SMILES string of the molecule is COc1c(CCc2nc(C(C)C)cs2)ccn2c(=O)c(C=CC(=O)OC(C)(C)C)c(N3CCOCC3)nc12. The van der Waals surface area contributed by atoms with Gasteiger partial charge in [0.2, 0.25) is 0 Å². The molecule has 1 aliphatic rings. The monoisotopic (exact) mass is 540 g/mol. The molecule has 0 bridgehead atoms. The summed E-state index contributed by atoms with van der Waals surface area (Å²) in [7, 11) is 1.59. The number of morpholine rings is 1. The van der Waals surface area contributed by atoms with Crippen LogP contribution in [0.25, 0.3) is 11.7 Å². The van der Waals surface area contributed by atoms with E-state index in [0.29, 0.717) is 61.4 Å². The molecule has 1 saturated heterocycles. The van der Waals surface area contributed by atoms with Gasteiger partial charge in [0.05, 0.1) is 36.6 Å². The Morgan fingerprint density at radius 3 is 2.58 bits per heavy atom. The highest BCUT2D eigenvalue weighted by Gasteiger charge is 2.23. The normalized spacial score (nSPS) is 14.6. The lowest BCUT2D eigenvalue weighted by Gasteiger charge is -2.29. The van der Waals surface area contributed by atoms with E-state index >= 15 is 0 Å². The lowest BCUT2D eigenvalue weighted by Crippen LogP contribution is -2.38. The smallest absolute Gasteiger partial charge is 0.331 e. The number of thiazole rings is 1. The van der Waals surface area contributed by atoms with Crippen LogP contribution in [-0.2, 0) is 27.1 Å². The summed E-state index contributed by atoms with van der Waals surface area (Å²) in [5.74, 6) is 0.923. The van der Waals surface area contributed by atoms with Crippen molar-refractivity contribution in [2.45, 2.75) is 59.0 Å². The van der Waals surface area contributed by atoms with Crippen LogP contribution < -0.4 is 15.2 Å². The zero-order chi connectivity index (χ0) is 27.4. The first-order valence-electron chi connectivity index (χ1n) is 12.9. The molecule has 0 radical (unpaired) electrons. The Balaban J connectivity index is 1.74. The van der Waals surface area contributed by atoms with Gasteiger partial charge in [0.1, 0.15) is 11.4 Å². The highest BCUT2D eigenvalue weighted by molar-refractivity contribution is 7.09. The van der Waals surface area contributed by atoms with E-state index in [0.717, 1.165) is 22.7 Å². The van der Waals surface area contributed by atoms with Crippen LogP contribution in [0.1, 0.15) is 62.4 Å². The standard InChI is InChI=1S/C28H36N4O5S/c1-18(2)21-17-38-22(29-21)9-7-19-11-12-32-26(24(19)35-6)30-25(31-13-15-36-16-14-31)20(27(32)34)8-10-23(33)37-28(3,4)5/h8,10-12,17-18H,7,9,13-16H2,1-6H3. The number of carbonyl (C=O) groups excluding carboxylic acids is 1. The number of aryl methyl sites for hydroxylation is 2. The van der Waals surface area contributed by atoms with Gasteiger partial charge in [-0.3, -0.25) is 9.20 Å². The molecule has 0 unspecified atom stereocenters. The first-order valence-corrected chi connectivity index (χ1v) is 13.8. The molecule has 3 aromatic rings. The summed E-state index contributed by atoms with van der Waals surface area (Å²) in [6.07, 6.45) is 5.97. The lowest BCUT2D eigenvalue weighted by atomic mass is 10.1. The van der Waals surface area contributed by atoms with Crippen molar-refractivity contribution in [2.24, 2.45) is 0 Å². The van der Waals surface area contributed by atoms with Gasteiger partial charge in [-0.1, -0.05) is 13.8 Å². The van der Waals surface area contributed by atoms with Gasteiger partial charge in [-0.2, -0.15) is 0 Å². The Morgan fingerprint density at radius 2 is 1.95 bits per heavy atom. The van der Waals surface area contributed by atoms with Crippen molar-refractivity contribution in [2.75, 3.05) is 38.3 Å². The molecule has 0 spiro atoms. The topological polar surface area (TPSA) is 95.3 Å². The number of methoxy groups -OCH3 is 1. The van der Waals surface area contributed by atoms with Crippen LogP contribution in [0.5, 0.6) is 5.75 Å². The number of aromatic nitrogens is 3. The third kappa shape index (κ3) is 6.42. The van der Waals surface area contributed by atoms with E-state index < -0.39 is 11.6 Å². The summed E-state index contributed by atoms with van der Waals surface area (Å²) < 4.78 is 18.2. The summed E-state index contributed by atoms with van der Waals surface area (Å²) in [4.78, 5) is 37.8. The van der Waals surface area contributed by atoms with E-state index in [1.807, 2.05) is 11.0 Å². The van der Waals surface area contributed by atoms with Crippen molar-refractivity contribution in [3.05, 3.63) is 55.9 Å². The van der Waals surface area contributed by atoms with Crippen molar-refractivity contribution in [1.29, 1.82) is 0 Å². The average molecular weight is 541 g/mol. The molecule has 10 heteroatoms. The largest absolute Gasteiger partial charge is 0.493 e. The number of hydrogen-bond acceptors (Lipinski definition) is 9. The average Bonchev–Trinajstić information content (AvgIpc) is 3.35. The zero-order valence-electron chi connectivity index (χ0n) is 22.9. The van der Waals surface area contributed by atoms with Crippen LogP contribution in [0.3, 0.4) is 0 Å². The molecule has 0 aliphatic carbocycles. The van der Waals surface area contributed by atoms with Gasteiger partial charge in [-0.25, -0.2) is 14.8 Å². The molecule has 4 heterocycles. The van der Waals surface area contributed by atoms with Gasteiger partial charge < -0.3 is 19.1 Å². The Morgan fingerprint density at radius 1 is 1.21 bits per heavy atom. The number of esters is 1. The van der Waals surface area contributed by atoms with Crippen molar-refractivity contribution < 1.29 is 19.0 Å². The molecule has 1 fully saturated rings. The van der Waals surface area contributed by atoms with Gasteiger partial charge >= 0.3 is 5.97 Å². The van der Waals surface area contributed by atoms with Crippen LogP contribution in [0.15, 0.2) is 28.5 Å². The van der Waals surface area contributed by atoms with Crippen molar-refractivity contribution >= 4 is 34.8 Å². The molecule has 0 aromatic carbocycles. The van der Waals surface area contributed by atoms with Gasteiger partial charge in [0, 0.05) is 37.2 Å². The maximum atomic E-state index is 13.7. The second-order valence-corrected chi connectivity index (χ2v) is 11.5. The Bertz CT molecular complexity index is 1380. The third-order valence-corrected chi connectivity index (χ3v) is 7.05. The predicted octanol–water partition coefficient (Wildman–Crippen LogP) is 4.26. The van der Waals surface area contributed by atoms with E-state index in [1.165, 1.54) is 16.6 Å². The van der Waals surface area contributed by atoms with Gasteiger partial charge in [-0.05, 0) is 50.8 Å². The molecule has 204 valence electrons. The van der Waals surface area contributed by atoms with Crippen LogP contribution >= 0.6 is 11.3 Å². The van der Waals surface area contributed by atoms with Crippen molar-refractivity contribution in [1.82, 2.24) is 14.4 Å². The van der Waals surface area contributed by atoms with E-state index in [2.05, 4.69) is 19.2 Å². The van der Waals surface area contributed by atoms with Crippen molar-refractivity contribution in [3.8, 4) is 5.75 Å². The molecular weight excluding hydrogens is 504 g/mol. The summed E-state index contributed by atoms with van der Waals surface area (Å²) in [6.45, 7) is 11.9. The fourth-order valence-electron chi connectivity index (χ4n) is 4.23. The summed E-state index contributed by atoms with van der Waals surface area (Å²) in [5.41, 5.74) is 1.88. The first-order chi connectivity index (χ1) is 18.1. The fourth-order valence-corrected chi connectivity index (χ4v) is 5.19. The first kappa shape index (κ1) is 27.8. The Labute approximate surface area is 227 Å². The van der Waals surface area contributed by atoms with Gasteiger partial charge in [0.25, 0.3) is 5.56 Å². The minimum absolute atomic E-state index is 0.289. The van der Waals surface area contributed by atoms with Crippen LogP contribution in [-0.4, -0.2) is 59.4 Å². The third-order valence-electron chi connectivity index (χ3n) is 6.13. The van der Waals surface area contributed by atoms with E-state index in [1.54, 1.807) is 45.4 Å². The number of fused-ring (bicyclic) bond motifs is 1. The second-order valence-electron chi connectivity index (χ2n) is 10.5. The van der Waals surface area contributed by atoms with Crippen LogP contribution in [0.4, 0.5) is 5.82 Å². The minimum Gasteiger partial charge on any atom is -0.493 e. The molecule has 9 nitrogen and oxygen atoms in total. The molecule has 0 atom stereocenters. The summed E-state index contributed by atoms with van der Waals surface area (Å²) in [6, 6.07) is 1.89. The number of pyridine rings is 1. The molecule has 0 saturated carbocycles. The van der Waals surface area contributed by atoms with Gasteiger partial charge in [0.15, 0.2) is 11.4 Å². The zero-order valence-corrected chi connectivity index (χ0v) is 23.8. The summed E-state index contributed by atoms with van der Waals surface area (Å²) >= 11 is 1.66. The van der Waals surface area contributed by atoms with Crippen molar-refractivity contribution in [3.63, 3.8) is 0 Å². The molecule has 38 heavy (non-hydrogen) atoms. The number of anilines is 1. The van der Waals surface area contributed by atoms with Crippen LogP contribution in [0.2, 0.25) is 0 Å². The number of rotatable bonds is 8. The Hall–Kier alpha value is -3.24. The number of carbonyl (C=O) groups is 1. The Kier molecular flexibility index (Phi) is 8.52. The highest BCUT2D eigenvalue weighted by Crippen LogP contribution is 2.28. The van der Waals surface area contributed by atoms with E-state index in [-0.39, 0.29) is 5.56 Å². The number of nitrogens with zero attached hydrogens (tertiary/aromatic N) is 4. The molecule has 0 N–H and O–H groups in total. The number of hydrogen-bond donors (Lipinski definition) is 0. The maximum absolute atomic E-state index is 13.7. The van der Waals surface area contributed by atoms with Crippen LogP contribution in [0, 0.1) is 0 Å². The quantitative estimate of drug-likeness (QED) is 0.309. The lowest BCUT2D eigenvalue weighted by molar-refractivity contribution is -0.148. The second kappa shape index (κ2) is 11.7. The molecule has 0 amide bonds. The predicted molar refractivity (Wildman–Crippen MR) is 150 cm³/mol. The summed E-state index contributed by atoms with van der Waals surface area (Å²) in [5, 5.41) is 3.18. The van der Waals surface area contributed by atoms with E-state index in [4.69, 9.17) is 24.2 Å². The maximum Gasteiger partial charge on any atom is 0.331 e. The van der Waals surface area contributed by atoms with E-state index in [9.17, 15) is 9.59 Å². The molecular formula is C28H36N4O5S.